The van der Waals surface area contributed by atoms with Gasteiger partial charge in [0.2, 0.25) is 5.82 Å². The quantitative estimate of drug-likeness (QED) is 0.685. The van der Waals surface area contributed by atoms with Gasteiger partial charge in [-0.3, -0.25) is 4.79 Å². The number of nitrogens with one attached hydrogen (secondary N) is 1. The van der Waals surface area contributed by atoms with Crippen molar-refractivity contribution in [2.75, 3.05) is 37.6 Å². The zero-order valence-electron chi connectivity index (χ0n) is 19.4. The maximum atomic E-state index is 12.5. The maximum absolute atomic E-state index is 12.5. The van der Waals surface area contributed by atoms with Crippen LogP contribution in [-0.4, -0.2) is 59.7 Å². The first-order valence-corrected chi connectivity index (χ1v) is 12.4. The van der Waals surface area contributed by atoms with E-state index < -0.39 is 0 Å². The second-order valence-corrected chi connectivity index (χ2v) is 9.22. The van der Waals surface area contributed by atoms with Crippen molar-refractivity contribution in [1.82, 2.24) is 20.4 Å². The molecule has 2 aliphatic rings. The van der Waals surface area contributed by atoms with Gasteiger partial charge < -0.3 is 19.6 Å². The minimum atomic E-state index is -0.298. The van der Waals surface area contributed by atoms with Gasteiger partial charge in [-0.25, -0.2) is 0 Å². The van der Waals surface area contributed by atoms with E-state index in [4.69, 9.17) is 4.52 Å². The molecule has 7 heteroatoms. The molecule has 3 heterocycles. The predicted molar refractivity (Wildman–Crippen MR) is 127 cm³/mol. The molecular formula is C25H37N5O2. The third kappa shape index (κ3) is 6.09. The van der Waals surface area contributed by atoms with E-state index in [0.717, 1.165) is 25.1 Å². The van der Waals surface area contributed by atoms with Gasteiger partial charge in [-0.1, -0.05) is 30.8 Å². The van der Waals surface area contributed by atoms with Crippen LogP contribution in [0.3, 0.4) is 0 Å². The summed E-state index contributed by atoms with van der Waals surface area (Å²) in [6.45, 7) is 7.41. The Labute approximate surface area is 191 Å². The van der Waals surface area contributed by atoms with Gasteiger partial charge in [0, 0.05) is 36.9 Å². The lowest BCUT2D eigenvalue weighted by atomic mass is 10.2. The number of carbonyl (C=O) groups excluding carboxylic acids is 1. The van der Waals surface area contributed by atoms with Crippen LogP contribution in [0, 0.1) is 0 Å². The number of likely N-dealkylation sites (tertiary alicyclic amines) is 1. The minimum Gasteiger partial charge on any atom is -0.372 e. The molecule has 1 N–H and O–H groups in total. The highest BCUT2D eigenvalue weighted by atomic mass is 16.5. The third-order valence-corrected chi connectivity index (χ3v) is 6.83. The van der Waals surface area contributed by atoms with Crippen molar-refractivity contribution in [1.29, 1.82) is 0 Å². The third-order valence-electron chi connectivity index (χ3n) is 6.83. The fraction of sp³-hybridized carbons (Fsp3) is 0.640. The number of rotatable bonds is 7. The van der Waals surface area contributed by atoms with Crippen LogP contribution in [0.5, 0.6) is 0 Å². The second kappa shape index (κ2) is 11.5. The molecule has 2 fully saturated rings. The molecule has 1 atom stereocenters. The fourth-order valence-corrected chi connectivity index (χ4v) is 4.77. The van der Waals surface area contributed by atoms with Crippen molar-refractivity contribution in [3.8, 4) is 11.4 Å². The van der Waals surface area contributed by atoms with E-state index in [1.54, 1.807) is 0 Å². The predicted octanol–water partition coefficient (Wildman–Crippen LogP) is 4.50. The lowest BCUT2D eigenvalue weighted by molar-refractivity contribution is 0.0904. The molecule has 7 nitrogen and oxygen atoms in total. The first-order valence-electron chi connectivity index (χ1n) is 12.4. The number of benzene rings is 1. The van der Waals surface area contributed by atoms with Crippen molar-refractivity contribution >= 4 is 11.6 Å². The Morgan fingerprint density at radius 2 is 1.59 bits per heavy atom. The van der Waals surface area contributed by atoms with E-state index in [-0.39, 0.29) is 11.8 Å². The highest BCUT2D eigenvalue weighted by Gasteiger charge is 2.19. The number of anilines is 1. The van der Waals surface area contributed by atoms with Gasteiger partial charge in [-0.2, -0.15) is 4.98 Å². The summed E-state index contributed by atoms with van der Waals surface area (Å²) in [5.74, 6) is 0.183. The lowest BCUT2D eigenvalue weighted by Crippen LogP contribution is -2.37. The molecule has 174 valence electrons. The molecule has 32 heavy (non-hydrogen) atoms. The second-order valence-electron chi connectivity index (χ2n) is 9.22. The average molecular weight is 440 g/mol. The van der Waals surface area contributed by atoms with Gasteiger partial charge in [-0.15, -0.1) is 0 Å². The van der Waals surface area contributed by atoms with Gasteiger partial charge >= 0.3 is 11.8 Å². The summed E-state index contributed by atoms with van der Waals surface area (Å²) < 4.78 is 5.24. The molecule has 2 aromatic rings. The molecule has 0 radical (unpaired) electrons. The molecular weight excluding hydrogens is 402 g/mol. The van der Waals surface area contributed by atoms with E-state index >= 15 is 0 Å². The summed E-state index contributed by atoms with van der Waals surface area (Å²) in [6.07, 6.45) is 11.3. The van der Waals surface area contributed by atoms with Crippen LogP contribution in [0.25, 0.3) is 11.4 Å². The van der Waals surface area contributed by atoms with Crippen LogP contribution in [0.2, 0.25) is 0 Å². The van der Waals surface area contributed by atoms with Crippen molar-refractivity contribution in [2.24, 2.45) is 0 Å². The minimum absolute atomic E-state index is 0.0269. The molecule has 0 bridgehead atoms. The Hall–Kier alpha value is -2.41. The summed E-state index contributed by atoms with van der Waals surface area (Å²) in [7, 11) is 0. The molecule has 2 saturated heterocycles. The molecule has 0 spiro atoms. The first kappa shape index (κ1) is 22.8. The van der Waals surface area contributed by atoms with Gasteiger partial charge in [0.05, 0.1) is 0 Å². The summed E-state index contributed by atoms with van der Waals surface area (Å²) in [4.78, 5) is 21.8. The van der Waals surface area contributed by atoms with Crippen LogP contribution < -0.4 is 10.2 Å². The smallest absolute Gasteiger partial charge is 0.316 e. The van der Waals surface area contributed by atoms with Crippen molar-refractivity contribution in [3.63, 3.8) is 0 Å². The summed E-state index contributed by atoms with van der Waals surface area (Å²) in [5, 5.41) is 6.96. The topological polar surface area (TPSA) is 74.5 Å². The first-order chi connectivity index (χ1) is 15.7. The van der Waals surface area contributed by atoms with Gasteiger partial charge in [0.25, 0.3) is 0 Å². The van der Waals surface area contributed by atoms with E-state index in [2.05, 4.69) is 44.3 Å². The van der Waals surface area contributed by atoms with Crippen LogP contribution in [-0.2, 0) is 0 Å². The molecule has 2 aliphatic heterocycles. The normalized spacial score (nSPS) is 19.2. The molecule has 0 aliphatic carbocycles. The largest absolute Gasteiger partial charge is 0.372 e. The Kier molecular flexibility index (Phi) is 8.15. The van der Waals surface area contributed by atoms with Crippen molar-refractivity contribution < 1.29 is 9.32 Å². The Balaban J connectivity index is 1.27. The van der Waals surface area contributed by atoms with Crippen LogP contribution in [0.4, 0.5) is 5.69 Å². The summed E-state index contributed by atoms with van der Waals surface area (Å²) in [5.41, 5.74) is 2.09. The average Bonchev–Trinajstić information content (AvgIpc) is 2.99. The zero-order valence-corrected chi connectivity index (χ0v) is 19.4. The Morgan fingerprint density at radius 3 is 2.25 bits per heavy atom. The summed E-state index contributed by atoms with van der Waals surface area (Å²) in [6, 6.07) is 8.71. The zero-order chi connectivity index (χ0) is 22.2. The van der Waals surface area contributed by atoms with Gasteiger partial charge in [-0.05, 0) is 76.4 Å². The lowest BCUT2D eigenvalue weighted by Gasteiger charge is -2.27. The van der Waals surface area contributed by atoms with Crippen LogP contribution in [0.15, 0.2) is 28.8 Å². The van der Waals surface area contributed by atoms with Crippen LogP contribution >= 0.6 is 0 Å². The Morgan fingerprint density at radius 1 is 0.969 bits per heavy atom. The van der Waals surface area contributed by atoms with E-state index in [9.17, 15) is 4.79 Å². The number of nitrogens with zero attached hydrogens (tertiary/aromatic N) is 4. The number of hydrogen-bond donors (Lipinski definition) is 1. The van der Waals surface area contributed by atoms with Gasteiger partial charge in [0.15, 0.2) is 0 Å². The highest BCUT2D eigenvalue weighted by Crippen LogP contribution is 2.23. The summed E-state index contributed by atoms with van der Waals surface area (Å²) >= 11 is 0. The number of aromatic nitrogens is 2. The van der Waals surface area contributed by atoms with Crippen molar-refractivity contribution in [2.45, 2.75) is 70.8 Å². The van der Waals surface area contributed by atoms with Crippen LogP contribution in [0.1, 0.15) is 75.4 Å². The standard InChI is InChI=1S/C25H37N5O2/c1-20(29-16-6-2-3-7-17-29)14-15-26-24(31)25-27-23(28-32-25)21-10-12-22(13-11-21)30-18-8-4-5-9-19-30/h10-13,20H,2-9,14-19H2,1H3,(H,26,31)/t20-/m1/s1. The van der Waals surface area contributed by atoms with E-state index in [0.29, 0.717) is 18.4 Å². The number of amides is 1. The van der Waals surface area contributed by atoms with E-state index in [1.165, 1.54) is 70.1 Å². The Bertz CT molecular complexity index is 834. The monoisotopic (exact) mass is 439 g/mol. The number of hydrogen-bond acceptors (Lipinski definition) is 6. The number of carbonyl (C=O) groups is 1. The molecule has 4 rings (SSSR count). The van der Waals surface area contributed by atoms with Crippen molar-refractivity contribution in [3.05, 3.63) is 30.2 Å². The maximum Gasteiger partial charge on any atom is 0.316 e. The highest BCUT2D eigenvalue weighted by molar-refractivity contribution is 5.89. The van der Waals surface area contributed by atoms with Gasteiger partial charge in [0.1, 0.15) is 0 Å². The molecule has 1 aromatic carbocycles. The fourth-order valence-electron chi connectivity index (χ4n) is 4.77. The molecule has 1 aromatic heterocycles. The van der Waals surface area contributed by atoms with E-state index in [1.807, 2.05) is 12.1 Å². The molecule has 0 saturated carbocycles. The molecule has 1 amide bonds. The SMILES string of the molecule is C[C@H](CCNC(=O)c1nc(-c2ccc(N3CCCCCC3)cc2)no1)N1CCCCCC1. The molecule has 0 unspecified atom stereocenters.